The van der Waals surface area contributed by atoms with Crippen molar-refractivity contribution in [3.05, 3.63) is 87.7 Å². The van der Waals surface area contributed by atoms with Gasteiger partial charge in [-0.25, -0.2) is 0 Å². The first-order chi connectivity index (χ1) is 17.7. The smallest absolute Gasteiger partial charge is 0.250 e. The molecule has 7 nitrogen and oxygen atoms in total. The molecule has 0 unspecified atom stereocenters. The van der Waals surface area contributed by atoms with Crippen LogP contribution in [-0.2, 0) is 5.60 Å². The van der Waals surface area contributed by atoms with E-state index in [0.717, 1.165) is 23.4 Å². The molecule has 1 aliphatic heterocycles. The Hall–Kier alpha value is -2.84. The lowest BCUT2D eigenvalue weighted by atomic mass is 9.94. The maximum atomic E-state index is 11.6. The topological polar surface area (TPSA) is 91.9 Å². The molecule has 3 N–H and O–H groups in total. The van der Waals surface area contributed by atoms with Crippen molar-refractivity contribution < 1.29 is 14.6 Å². The van der Waals surface area contributed by atoms with Gasteiger partial charge in [0.15, 0.2) is 0 Å². The molecule has 2 aromatic carbocycles. The van der Waals surface area contributed by atoms with Crippen LogP contribution in [0.4, 0.5) is 5.69 Å². The monoisotopic (exact) mass is 542 g/mol. The van der Waals surface area contributed by atoms with Crippen LogP contribution in [0.15, 0.2) is 60.9 Å². The Labute approximate surface area is 227 Å². The number of aliphatic hydroxyl groups is 1. The number of nitrogens with zero attached hydrogens (tertiary/aromatic N) is 3. The van der Waals surface area contributed by atoms with Gasteiger partial charge in [-0.15, -0.1) is 0 Å². The molecule has 0 radical (unpaired) electrons. The minimum absolute atomic E-state index is 0.0307. The number of anilines is 1. The summed E-state index contributed by atoms with van der Waals surface area (Å²) in [6.45, 7) is 6.82. The number of piperazine rings is 1. The molecule has 4 rings (SSSR count). The minimum Gasteiger partial charge on any atom is -0.494 e. The van der Waals surface area contributed by atoms with E-state index in [1.54, 1.807) is 19.2 Å². The minimum atomic E-state index is -1.24. The molecule has 1 fully saturated rings. The summed E-state index contributed by atoms with van der Waals surface area (Å²) < 4.78 is 5.75. The van der Waals surface area contributed by atoms with Crippen molar-refractivity contribution >= 4 is 34.8 Å². The highest BCUT2D eigenvalue weighted by Gasteiger charge is 2.34. The first-order valence-corrected chi connectivity index (χ1v) is 13.1. The first kappa shape index (κ1) is 27.2. The zero-order valence-electron chi connectivity index (χ0n) is 21.0. The van der Waals surface area contributed by atoms with Gasteiger partial charge in [0, 0.05) is 55.2 Å². The van der Waals surface area contributed by atoms with Crippen molar-refractivity contribution in [3.8, 4) is 5.75 Å². The van der Waals surface area contributed by atoms with Crippen LogP contribution in [0, 0.1) is 0 Å². The van der Waals surface area contributed by atoms with E-state index in [9.17, 15) is 9.90 Å². The maximum absolute atomic E-state index is 11.6. The third-order valence-electron chi connectivity index (χ3n) is 6.60. The Kier molecular flexibility index (Phi) is 8.60. The van der Waals surface area contributed by atoms with Gasteiger partial charge < -0.3 is 20.5 Å². The van der Waals surface area contributed by atoms with Gasteiger partial charge in [-0.1, -0.05) is 42.3 Å². The lowest BCUT2D eigenvalue weighted by Crippen LogP contribution is -2.52. The molecule has 0 spiro atoms. The second-order valence-electron chi connectivity index (χ2n) is 9.56. The van der Waals surface area contributed by atoms with Crippen LogP contribution < -0.4 is 15.4 Å². The van der Waals surface area contributed by atoms with Crippen LogP contribution in [0.2, 0.25) is 10.0 Å². The molecule has 1 aliphatic rings. The van der Waals surface area contributed by atoms with E-state index < -0.39 is 11.5 Å². The third kappa shape index (κ3) is 6.54. The number of carbonyl (C=O) groups excluding carboxylic acids is 1. The fourth-order valence-corrected chi connectivity index (χ4v) is 5.07. The van der Waals surface area contributed by atoms with Crippen molar-refractivity contribution in [3.63, 3.8) is 0 Å². The summed E-state index contributed by atoms with van der Waals surface area (Å²) in [6, 6.07) is 15.2. The normalized spacial score (nSPS) is 17.9. The number of aromatic nitrogens is 1. The summed E-state index contributed by atoms with van der Waals surface area (Å²) in [7, 11) is 0. The Balaban J connectivity index is 1.59. The molecular formula is C28H32Cl2N4O3. The molecule has 37 heavy (non-hydrogen) atoms. The highest BCUT2D eigenvalue weighted by atomic mass is 35.5. The van der Waals surface area contributed by atoms with Crippen molar-refractivity contribution in [1.29, 1.82) is 0 Å². The Morgan fingerprint density at radius 3 is 2.59 bits per heavy atom. The zero-order valence-corrected chi connectivity index (χ0v) is 22.5. The standard InChI is InChI=1S/C28H32Cl2N4O3/c1-3-12-37-23-8-9-25(24(30)14-23)34-11-10-33(17-26(34)19-4-6-22(29)7-5-19)18-28(2,36)21-13-20(27(31)35)15-32-16-21/h4-9,13-16,26,36H,3,10-12,17-18H2,1-2H3,(H2,31,35)/t26-,28+/m0/s1. The molecular weight excluding hydrogens is 511 g/mol. The molecule has 0 bridgehead atoms. The summed E-state index contributed by atoms with van der Waals surface area (Å²) in [4.78, 5) is 20.2. The lowest BCUT2D eigenvalue weighted by molar-refractivity contribution is 0.00999. The summed E-state index contributed by atoms with van der Waals surface area (Å²) in [5.74, 6) is 0.171. The van der Waals surface area contributed by atoms with E-state index in [1.807, 2.05) is 42.5 Å². The van der Waals surface area contributed by atoms with Crippen LogP contribution in [0.3, 0.4) is 0 Å². The molecule has 2 heterocycles. The van der Waals surface area contributed by atoms with Gasteiger partial charge in [-0.3, -0.25) is 14.7 Å². The number of hydrogen-bond donors (Lipinski definition) is 2. The highest BCUT2D eigenvalue weighted by molar-refractivity contribution is 6.33. The van der Waals surface area contributed by atoms with Crippen molar-refractivity contribution in [1.82, 2.24) is 9.88 Å². The third-order valence-corrected chi connectivity index (χ3v) is 7.15. The summed E-state index contributed by atoms with van der Waals surface area (Å²) in [5.41, 5.74) is 7.01. The van der Waals surface area contributed by atoms with Crippen LogP contribution in [-0.4, -0.2) is 53.7 Å². The quantitative estimate of drug-likeness (QED) is 0.393. The van der Waals surface area contributed by atoms with E-state index in [0.29, 0.717) is 48.4 Å². The molecule has 1 aromatic heterocycles. The van der Waals surface area contributed by atoms with Crippen LogP contribution in [0.5, 0.6) is 5.75 Å². The van der Waals surface area contributed by atoms with Gasteiger partial charge in [0.1, 0.15) is 11.4 Å². The number of rotatable bonds is 9. The molecule has 2 atom stereocenters. The van der Waals surface area contributed by atoms with Crippen LogP contribution in [0.1, 0.15) is 47.8 Å². The SMILES string of the molecule is CCCOc1ccc(N2CCN(C[C@@](C)(O)c3cncc(C(N)=O)c3)C[C@H]2c2ccc(Cl)cc2)c(Cl)c1. The fraction of sp³-hybridized carbons (Fsp3) is 0.357. The predicted molar refractivity (Wildman–Crippen MR) is 148 cm³/mol. The summed E-state index contributed by atoms with van der Waals surface area (Å²) >= 11 is 12.9. The summed E-state index contributed by atoms with van der Waals surface area (Å²) in [5, 5.41) is 12.7. The molecule has 1 saturated heterocycles. The number of primary amides is 1. The summed E-state index contributed by atoms with van der Waals surface area (Å²) in [6.07, 6.45) is 3.90. The van der Waals surface area contributed by atoms with Gasteiger partial charge >= 0.3 is 0 Å². The van der Waals surface area contributed by atoms with Gasteiger partial charge in [0.25, 0.3) is 0 Å². The molecule has 196 valence electrons. The second kappa shape index (κ2) is 11.7. The van der Waals surface area contributed by atoms with Crippen molar-refractivity contribution in [2.75, 3.05) is 37.7 Å². The maximum Gasteiger partial charge on any atom is 0.250 e. The predicted octanol–water partition coefficient (Wildman–Crippen LogP) is 5.05. The highest BCUT2D eigenvalue weighted by Crippen LogP contribution is 2.38. The number of pyridine rings is 1. The lowest BCUT2D eigenvalue weighted by Gasteiger charge is -2.45. The molecule has 1 amide bonds. The number of β-amino-alcohol motifs (C(OH)–C–C–N with tert-alkyl or cyclic N) is 1. The first-order valence-electron chi connectivity index (χ1n) is 12.3. The van der Waals surface area contributed by atoms with E-state index in [1.165, 1.54) is 6.20 Å². The number of hydrogen-bond acceptors (Lipinski definition) is 6. The fourth-order valence-electron chi connectivity index (χ4n) is 4.67. The average Bonchev–Trinajstić information content (AvgIpc) is 2.88. The number of halogens is 2. The Morgan fingerprint density at radius 1 is 1.16 bits per heavy atom. The van der Waals surface area contributed by atoms with E-state index in [2.05, 4.69) is 21.7 Å². The van der Waals surface area contributed by atoms with E-state index >= 15 is 0 Å². The van der Waals surface area contributed by atoms with Crippen LogP contribution >= 0.6 is 23.2 Å². The Bertz CT molecular complexity index is 1240. The average molecular weight is 543 g/mol. The van der Waals surface area contributed by atoms with Gasteiger partial charge in [0.2, 0.25) is 5.91 Å². The largest absolute Gasteiger partial charge is 0.494 e. The van der Waals surface area contributed by atoms with E-state index in [-0.39, 0.29) is 11.6 Å². The molecule has 3 aromatic rings. The number of carbonyl (C=O) groups is 1. The number of ether oxygens (including phenoxy) is 1. The van der Waals surface area contributed by atoms with Crippen LogP contribution in [0.25, 0.3) is 0 Å². The Morgan fingerprint density at radius 2 is 1.92 bits per heavy atom. The molecule has 0 saturated carbocycles. The van der Waals surface area contributed by atoms with Crippen molar-refractivity contribution in [2.45, 2.75) is 31.9 Å². The van der Waals surface area contributed by atoms with Gasteiger partial charge in [-0.2, -0.15) is 0 Å². The molecule has 9 heteroatoms. The second-order valence-corrected chi connectivity index (χ2v) is 10.4. The number of benzene rings is 2. The molecule has 0 aliphatic carbocycles. The van der Waals surface area contributed by atoms with Gasteiger partial charge in [0.05, 0.1) is 28.9 Å². The van der Waals surface area contributed by atoms with Crippen molar-refractivity contribution in [2.24, 2.45) is 5.73 Å². The van der Waals surface area contributed by atoms with E-state index in [4.69, 9.17) is 33.7 Å². The van der Waals surface area contributed by atoms with Gasteiger partial charge in [-0.05, 0) is 49.2 Å². The number of amides is 1. The number of nitrogens with two attached hydrogens (primary N) is 1. The zero-order chi connectivity index (χ0) is 26.6.